The average Bonchev–Trinajstić information content (AvgIpc) is 1.56. The van der Waals surface area contributed by atoms with E-state index in [4.69, 9.17) is 11.6 Å². The van der Waals surface area contributed by atoms with Crippen LogP contribution < -0.4 is 21.3 Å². The van der Waals surface area contributed by atoms with E-state index < -0.39 is 156 Å². The van der Waals surface area contributed by atoms with E-state index in [2.05, 4.69) is 21.3 Å². The van der Waals surface area contributed by atoms with Crippen molar-refractivity contribution in [3.05, 3.63) is 0 Å². The van der Waals surface area contributed by atoms with E-state index in [1.165, 1.54) is 64.6 Å². The molecule has 4 saturated carbocycles. The Labute approximate surface area is 548 Å². The number of hydrogen-bond donors (Lipinski definition) is 4. The van der Waals surface area contributed by atoms with Crippen LogP contribution in [-0.4, -0.2) is 227 Å². The Kier molecular flexibility index (Phi) is 27.5. The Bertz CT molecular complexity index is 2620. The maximum atomic E-state index is 15.3. The van der Waals surface area contributed by atoms with Crippen molar-refractivity contribution < 1.29 is 65.9 Å². The van der Waals surface area contributed by atoms with Crippen LogP contribution in [0.15, 0.2) is 0 Å². The molecule has 0 bridgehead atoms. The molecule has 1 spiro atoms. The van der Waals surface area contributed by atoms with Crippen molar-refractivity contribution in [3.63, 3.8) is 0 Å². The molecule has 11 atom stereocenters. The molecule has 0 aromatic carbocycles. The predicted molar refractivity (Wildman–Crippen MR) is 341 cm³/mol. The number of rotatable bonds is 10. The minimum atomic E-state index is -4.49. The third-order valence-corrected chi connectivity index (χ3v) is 21.4. The molecule has 4 N–H and O–H groups in total. The first-order chi connectivity index (χ1) is 43.3. The van der Waals surface area contributed by atoms with Gasteiger partial charge in [0, 0.05) is 66.7 Å². The third kappa shape index (κ3) is 19.5. The smallest absolute Gasteiger partial charge is 0.351 e. The molecule has 26 heteroatoms. The Morgan fingerprint density at radius 3 is 1.82 bits per heavy atom. The summed E-state index contributed by atoms with van der Waals surface area (Å²) in [6, 6.07) is -7.43. The predicted octanol–water partition coefficient (Wildman–Crippen LogP) is 5.76. The standard InChI is InChI=1S/C66H107ClF3N11O11/c1-12-41(4)56-63(91)77(8)38-54(84)75(6)39-55(85)79(10)51(36-43-21-14-13-15-22-43)62(90)76(7)37-52(82)72-48(29-27-44-26-28-46(47(67)35-44)66(68,69)70)61(89)81-32-20-25-49(81)59(87)74-65(30-18-19-31-65)64(92)80(11)57(45-23-16-17-24-45)60(88)71-42(5)34-53(83)78(9)50(33-40(2)3)58(86)73-56/h40-51,56-57H,12-39H2,1-11H3,(H,71,88)(H,72,82)(H,73,86)(H,74,87)/t41-,42+,44?,46?,47?,48-,49-,50-,51-,56-,57-/m0/s1. The zero-order valence-electron chi connectivity index (χ0n) is 56.5. The van der Waals surface area contributed by atoms with Crippen LogP contribution in [-0.2, 0) is 52.7 Å². The number of nitrogens with one attached hydrogen (secondary N) is 4. The topological polar surface area (TPSA) is 259 Å². The first-order valence-corrected chi connectivity index (χ1v) is 34.5. The van der Waals surface area contributed by atoms with Crippen LogP contribution in [0.5, 0.6) is 0 Å². The van der Waals surface area contributed by atoms with Crippen LogP contribution in [0, 0.1) is 35.5 Å². The lowest BCUT2D eigenvalue weighted by Gasteiger charge is -2.40. The quantitative estimate of drug-likeness (QED) is 0.191. The second-order valence-corrected chi connectivity index (χ2v) is 29.0. The zero-order valence-corrected chi connectivity index (χ0v) is 57.3. The SMILES string of the molecule is CC[C@H](C)[C@@H]1NC(=O)[C@H](CC(C)C)N(C)C(=O)C[C@@H](C)NC(=O)[C@H](C2CCCC2)N(C)C(=O)C2(CCCC2)NC(=O)[C@@H]2CCCN2C(=O)[C@H](CCC2CCC(C(F)(F)F)C(Cl)C2)NC(=O)CN(C)C(=O)[C@H](CC2CCCCC2)N(C)C(=O)CN(C)C(=O)CN(C)C1=O. The van der Waals surface area contributed by atoms with E-state index in [0.717, 1.165) is 49.8 Å². The maximum Gasteiger partial charge on any atom is 0.393 e. The van der Waals surface area contributed by atoms with Gasteiger partial charge in [-0.1, -0.05) is 91.9 Å². The second-order valence-electron chi connectivity index (χ2n) is 28.4. The number of hydrogen-bond acceptors (Lipinski definition) is 11. The molecule has 0 aromatic heterocycles. The van der Waals surface area contributed by atoms with Crippen LogP contribution in [0.2, 0.25) is 0 Å². The van der Waals surface area contributed by atoms with Gasteiger partial charge in [-0.2, -0.15) is 13.2 Å². The number of fused-ring (bicyclic) bond motifs is 1. The van der Waals surface area contributed by atoms with Gasteiger partial charge >= 0.3 is 6.18 Å². The summed E-state index contributed by atoms with van der Waals surface area (Å²) in [7, 11) is 8.73. The molecule has 0 radical (unpaired) electrons. The molecule has 11 amide bonds. The average molecular weight is 1320 g/mol. The summed E-state index contributed by atoms with van der Waals surface area (Å²) in [5.74, 6) is -9.14. The zero-order chi connectivity index (χ0) is 68.1. The molecule has 2 heterocycles. The molecule has 3 unspecified atom stereocenters. The molecule has 0 aromatic rings. The van der Waals surface area contributed by atoms with Gasteiger partial charge in [0.25, 0.3) is 0 Å². The van der Waals surface area contributed by atoms with Crippen molar-refractivity contribution in [2.45, 2.75) is 248 Å². The van der Waals surface area contributed by atoms with Crippen molar-refractivity contribution in [3.8, 4) is 0 Å². The van der Waals surface area contributed by atoms with Gasteiger partial charge in [-0.3, -0.25) is 52.7 Å². The molecule has 6 aliphatic rings. The van der Waals surface area contributed by atoms with Crippen molar-refractivity contribution in [2.24, 2.45) is 35.5 Å². The fourth-order valence-corrected chi connectivity index (χ4v) is 15.6. The van der Waals surface area contributed by atoms with Crippen molar-refractivity contribution in [2.75, 3.05) is 68.5 Å². The van der Waals surface area contributed by atoms with Crippen LogP contribution in [0.25, 0.3) is 0 Å². The Hall–Kier alpha value is -5.75. The van der Waals surface area contributed by atoms with Gasteiger partial charge < -0.3 is 55.6 Å². The van der Waals surface area contributed by atoms with Gasteiger partial charge in [-0.15, -0.1) is 11.6 Å². The highest BCUT2D eigenvalue weighted by molar-refractivity contribution is 6.20. The van der Waals surface area contributed by atoms with E-state index >= 15 is 9.59 Å². The van der Waals surface area contributed by atoms with Crippen LogP contribution in [0.4, 0.5) is 13.2 Å². The minimum absolute atomic E-state index is 0.0185. The van der Waals surface area contributed by atoms with Crippen molar-refractivity contribution >= 4 is 76.6 Å². The first-order valence-electron chi connectivity index (χ1n) is 34.0. The highest BCUT2D eigenvalue weighted by Gasteiger charge is 2.51. The molecule has 6 rings (SSSR count). The summed E-state index contributed by atoms with van der Waals surface area (Å²) in [5.41, 5.74) is -1.46. The highest BCUT2D eigenvalue weighted by atomic mass is 35.5. The lowest BCUT2D eigenvalue weighted by atomic mass is 9.78. The summed E-state index contributed by atoms with van der Waals surface area (Å²) in [4.78, 5) is 170. The fraction of sp³-hybridized carbons (Fsp3) is 0.833. The molecule has 520 valence electrons. The normalized spacial score (nSPS) is 30.5. The summed E-state index contributed by atoms with van der Waals surface area (Å²) >= 11 is 6.37. The number of carbonyl (C=O) groups excluding carboxylic acids is 11. The Morgan fingerprint density at radius 1 is 0.598 bits per heavy atom. The minimum Gasteiger partial charge on any atom is -0.351 e. The van der Waals surface area contributed by atoms with E-state index in [-0.39, 0.29) is 101 Å². The monoisotopic (exact) mass is 1320 g/mol. The number of halogens is 4. The summed E-state index contributed by atoms with van der Waals surface area (Å²) < 4.78 is 41.8. The lowest BCUT2D eigenvalue weighted by Crippen LogP contribution is -2.64. The fourth-order valence-electron chi connectivity index (χ4n) is 15.1. The van der Waals surface area contributed by atoms with E-state index in [0.29, 0.717) is 38.5 Å². The molecule has 4 aliphatic carbocycles. The summed E-state index contributed by atoms with van der Waals surface area (Å²) in [5, 5.41) is 10.6. The summed E-state index contributed by atoms with van der Waals surface area (Å²) in [6.45, 7) is 7.66. The van der Waals surface area contributed by atoms with Crippen LogP contribution in [0.1, 0.15) is 189 Å². The largest absolute Gasteiger partial charge is 0.393 e. The number of nitrogens with zero attached hydrogens (tertiary/aromatic N) is 7. The number of likely N-dealkylation sites (N-methyl/N-ethyl adjacent to an activating group) is 6. The van der Waals surface area contributed by atoms with Crippen molar-refractivity contribution in [1.29, 1.82) is 0 Å². The maximum absolute atomic E-state index is 15.3. The molecule has 92 heavy (non-hydrogen) atoms. The van der Waals surface area contributed by atoms with E-state index in [1.54, 1.807) is 20.9 Å². The van der Waals surface area contributed by atoms with Gasteiger partial charge in [-0.25, -0.2) is 0 Å². The number of carbonyl (C=O) groups is 11. The second kappa shape index (κ2) is 33.6. The van der Waals surface area contributed by atoms with Crippen molar-refractivity contribution in [1.82, 2.24) is 55.6 Å². The third-order valence-electron chi connectivity index (χ3n) is 21.0. The number of alkyl halides is 4. The molecular formula is C66H107ClF3N11O11. The Balaban J connectivity index is 1.35. The van der Waals surface area contributed by atoms with E-state index in [9.17, 15) is 56.3 Å². The molecule has 2 saturated heterocycles. The van der Waals surface area contributed by atoms with Gasteiger partial charge in [0.15, 0.2) is 0 Å². The summed E-state index contributed by atoms with van der Waals surface area (Å²) in [6.07, 6.45) is 5.98. The highest BCUT2D eigenvalue weighted by Crippen LogP contribution is 2.44. The number of amides is 11. The van der Waals surface area contributed by atoms with Gasteiger partial charge in [0.1, 0.15) is 41.8 Å². The Morgan fingerprint density at radius 2 is 1.21 bits per heavy atom. The molecule has 2 aliphatic heterocycles. The van der Waals surface area contributed by atoms with Crippen LogP contribution >= 0.6 is 11.6 Å². The first kappa shape index (κ1) is 75.3. The van der Waals surface area contributed by atoms with E-state index in [1.807, 2.05) is 20.8 Å². The van der Waals surface area contributed by atoms with Gasteiger partial charge in [-0.05, 0) is 120 Å². The molecule has 6 fully saturated rings. The lowest BCUT2D eigenvalue weighted by molar-refractivity contribution is -0.182. The van der Waals surface area contributed by atoms with Gasteiger partial charge in [0.05, 0.1) is 25.6 Å². The molecular weight excluding hydrogens is 1220 g/mol. The molecule has 22 nitrogen and oxygen atoms in total. The van der Waals surface area contributed by atoms with Crippen LogP contribution in [0.3, 0.4) is 0 Å². The van der Waals surface area contributed by atoms with Gasteiger partial charge in [0.2, 0.25) is 65.0 Å².